The van der Waals surface area contributed by atoms with Crippen molar-refractivity contribution in [2.45, 2.75) is 19.8 Å². The van der Waals surface area contributed by atoms with E-state index in [1.165, 1.54) is 11.3 Å². The number of nitrogens with zero attached hydrogens (tertiary/aromatic N) is 2. The van der Waals surface area contributed by atoms with Crippen molar-refractivity contribution in [2.24, 2.45) is 0 Å². The number of carbonyl (C=O) groups excluding carboxylic acids is 1. The predicted octanol–water partition coefficient (Wildman–Crippen LogP) is 4.43. The zero-order valence-electron chi connectivity index (χ0n) is 15.1. The number of hydrogen-bond donors (Lipinski definition) is 2. The topological polar surface area (TPSA) is 65.5 Å². The molecule has 2 N–H and O–H groups in total. The van der Waals surface area contributed by atoms with Crippen LogP contribution in [0.15, 0.2) is 60.8 Å². The van der Waals surface area contributed by atoms with Gasteiger partial charge in [0.25, 0.3) is 5.91 Å². The van der Waals surface area contributed by atoms with Crippen molar-refractivity contribution in [3.05, 3.63) is 77.5 Å². The van der Waals surface area contributed by atoms with Crippen LogP contribution in [0.5, 0.6) is 5.75 Å². The number of anilines is 3. The van der Waals surface area contributed by atoms with Crippen molar-refractivity contribution in [3.8, 4) is 5.75 Å². The van der Waals surface area contributed by atoms with Gasteiger partial charge in [-0.05, 0) is 67.3 Å². The van der Waals surface area contributed by atoms with E-state index in [2.05, 4.69) is 33.4 Å². The lowest BCUT2D eigenvalue weighted by Crippen LogP contribution is -2.25. The third-order valence-corrected chi connectivity index (χ3v) is 4.86. The fourth-order valence-corrected chi connectivity index (χ4v) is 3.43. The quantitative estimate of drug-likeness (QED) is 0.679. The van der Waals surface area contributed by atoms with E-state index in [1.807, 2.05) is 19.1 Å². The van der Waals surface area contributed by atoms with Gasteiger partial charge in [-0.2, -0.15) is 0 Å². The smallest absolute Gasteiger partial charge is 0.257 e. The Bertz CT molecular complexity index is 983. The molecule has 4 rings (SSSR count). The SMILES string of the molecule is Cc1cc(O)ccc1NC(=O)c1ccc(N2CCCc3ccccc32)nc1. The molecule has 1 amide bonds. The summed E-state index contributed by atoms with van der Waals surface area (Å²) in [7, 11) is 0. The molecule has 0 bridgehead atoms. The van der Waals surface area contributed by atoms with E-state index in [0.29, 0.717) is 11.3 Å². The minimum Gasteiger partial charge on any atom is -0.508 e. The van der Waals surface area contributed by atoms with E-state index in [1.54, 1.807) is 30.5 Å². The van der Waals surface area contributed by atoms with Crippen LogP contribution in [0.2, 0.25) is 0 Å². The van der Waals surface area contributed by atoms with Gasteiger partial charge in [-0.1, -0.05) is 18.2 Å². The van der Waals surface area contributed by atoms with Gasteiger partial charge in [0.05, 0.1) is 5.56 Å². The molecule has 1 aliphatic heterocycles. The van der Waals surface area contributed by atoms with Gasteiger partial charge in [0.15, 0.2) is 0 Å². The highest BCUT2D eigenvalue weighted by Crippen LogP contribution is 2.32. The number of nitrogens with one attached hydrogen (secondary N) is 1. The maximum absolute atomic E-state index is 12.5. The number of fused-ring (bicyclic) bond motifs is 1. The van der Waals surface area contributed by atoms with Crippen LogP contribution >= 0.6 is 0 Å². The summed E-state index contributed by atoms with van der Waals surface area (Å²) in [6.07, 6.45) is 3.78. The summed E-state index contributed by atoms with van der Waals surface area (Å²) in [5, 5.41) is 12.4. The van der Waals surface area contributed by atoms with Crippen LogP contribution in [0, 0.1) is 6.92 Å². The summed E-state index contributed by atoms with van der Waals surface area (Å²) in [6.45, 7) is 2.76. The van der Waals surface area contributed by atoms with Crippen molar-refractivity contribution in [1.29, 1.82) is 0 Å². The molecule has 0 fully saturated rings. The Balaban J connectivity index is 1.53. The summed E-state index contributed by atoms with van der Waals surface area (Å²) < 4.78 is 0. The number of aromatic hydroxyl groups is 1. The normalized spacial score (nSPS) is 13.1. The number of rotatable bonds is 3. The van der Waals surface area contributed by atoms with Crippen LogP contribution in [-0.4, -0.2) is 22.5 Å². The number of aromatic nitrogens is 1. The summed E-state index contributed by atoms with van der Waals surface area (Å²) in [5.74, 6) is 0.805. The number of hydrogen-bond acceptors (Lipinski definition) is 4. The monoisotopic (exact) mass is 359 g/mol. The minimum absolute atomic E-state index is 0.179. The highest BCUT2D eigenvalue weighted by Gasteiger charge is 2.19. The fourth-order valence-electron chi connectivity index (χ4n) is 3.43. The Morgan fingerprint density at radius 1 is 1.15 bits per heavy atom. The molecule has 5 heteroatoms. The minimum atomic E-state index is -0.220. The first kappa shape index (κ1) is 17.1. The number of phenols is 1. The van der Waals surface area contributed by atoms with Gasteiger partial charge in [0.2, 0.25) is 0 Å². The molecule has 3 aromatic rings. The van der Waals surface area contributed by atoms with E-state index in [9.17, 15) is 9.90 Å². The van der Waals surface area contributed by atoms with Crippen molar-refractivity contribution in [1.82, 2.24) is 4.98 Å². The highest BCUT2D eigenvalue weighted by molar-refractivity contribution is 6.04. The Hall–Kier alpha value is -3.34. The van der Waals surface area contributed by atoms with E-state index in [4.69, 9.17) is 0 Å². The molecule has 0 saturated carbocycles. The van der Waals surface area contributed by atoms with Crippen LogP contribution in [0.3, 0.4) is 0 Å². The molecule has 0 saturated heterocycles. The number of pyridine rings is 1. The van der Waals surface area contributed by atoms with Crippen LogP contribution in [0.1, 0.15) is 27.9 Å². The molecule has 27 heavy (non-hydrogen) atoms. The van der Waals surface area contributed by atoms with Gasteiger partial charge in [-0.25, -0.2) is 4.98 Å². The number of para-hydroxylation sites is 1. The molecule has 1 aliphatic rings. The number of amides is 1. The number of aryl methyl sites for hydroxylation is 2. The van der Waals surface area contributed by atoms with Crippen LogP contribution in [0.4, 0.5) is 17.2 Å². The second-order valence-corrected chi connectivity index (χ2v) is 6.74. The first-order valence-electron chi connectivity index (χ1n) is 9.04. The number of benzene rings is 2. The standard InChI is InChI=1S/C22H21N3O2/c1-15-13-18(26)9-10-19(15)24-22(27)17-8-11-21(23-14-17)25-12-4-6-16-5-2-3-7-20(16)25/h2-3,5,7-11,13-14,26H,4,6,12H2,1H3,(H,24,27). The first-order chi connectivity index (χ1) is 13.1. The highest BCUT2D eigenvalue weighted by atomic mass is 16.3. The van der Waals surface area contributed by atoms with Crippen LogP contribution < -0.4 is 10.2 Å². The van der Waals surface area contributed by atoms with E-state index in [0.717, 1.165) is 30.8 Å². The number of phenolic OH excluding ortho intramolecular Hbond substituents is 1. The third-order valence-electron chi connectivity index (χ3n) is 4.86. The molecule has 0 spiro atoms. The first-order valence-corrected chi connectivity index (χ1v) is 9.04. The summed E-state index contributed by atoms with van der Waals surface area (Å²) in [5.41, 5.74) is 4.49. The number of carbonyl (C=O) groups is 1. The molecule has 136 valence electrons. The van der Waals surface area contributed by atoms with E-state index in [-0.39, 0.29) is 11.7 Å². The molecular weight excluding hydrogens is 338 g/mol. The Morgan fingerprint density at radius 2 is 2.00 bits per heavy atom. The van der Waals surface area contributed by atoms with Gasteiger partial charge < -0.3 is 15.3 Å². The molecule has 0 radical (unpaired) electrons. The fraction of sp³-hybridized carbons (Fsp3) is 0.182. The average Bonchev–Trinajstić information content (AvgIpc) is 2.70. The summed E-state index contributed by atoms with van der Waals surface area (Å²) >= 11 is 0. The molecule has 1 aromatic heterocycles. The Kier molecular flexibility index (Phi) is 4.50. The summed E-state index contributed by atoms with van der Waals surface area (Å²) in [6, 6.07) is 16.9. The zero-order valence-corrected chi connectivity index (χ0v) is 15.1. The molecule has 2 aromatic carbocycles. The van der Waals surface area contributed by atoms with Crippen molar-refractivity contribution in [2.75, 3.05) is 16.8 Å². The van der Waals surface area contributed by atoms with Gasteiger partial charge >= 0.3 is 0 Å². The van der Waals surface area contributed by atoms with Crippen LogP contribution in [-0.2, 0) is 6.42 Å². The second-order valence-electron chi connectivity index (χ2n) is 6.74. The zero-order chi connectivity index (χ0) is 18.8. The lowest BCUT2D eigenvalue weighted by atomic mass is 10.0. The Labute approximate surface area is 158 Å². The van der Waals surface area contributed by atoms with Gasteiger partial charge in [0.1, 0.15) is 11.6 Å². The largest absolute Gasteiger partial charge is 0.508 e. The van der Waals surface area contributed by atoms with Crippen molar-refractivity contribution in [3.63, 3.8) is 0 Å². The molecule has 2 heterocycles. The molecule has 0 aliphatic carbocycles. The van der Waals surface area contributed by atoms with E-state index >= 15 is 0 Å². The molecular formula is C22H21N3O2. The second kappa shape index (κ2) is 7.11. The van der Waals surface area contributed by atoms with Crippen molar-refractivity contribution >= 4 is 23.1 Å². The summed E-state index contributed by atoms with van der Waals surface area (Å²) in [4.78, 5) is 19.2. The molecule has 0 unspecified atom stereocenters. The third kappa shape index (κ3) is 3.49. The van der Waals surface area contributed by atoms with E-state index < -0.39 is 0 Å². The van der Waals surface area contributed by atoms with Gasteiger partial charge in [-0.15, -0.1) is 0 Å². The maximum Gasteiger partial charge on any atom is 0.257 e. The van der Waals surface area contributed by atoms with Crippen LogP contribution in [0.25, 0.3) is 0 Å². The van der Waals surface area contributed by atoms with Gasteiger partial charge in [0, 0.05) is 24.1 Å². The average molecular weight is 359 g/mol. The lowest BCUT2D eigenvalue weighted by Gasteiger charge is -2.30. The Morgan fingerprint density at radius 3 is 2.78 bits per heavy atom. The maximum atomic E-state index is 12.5. The van der Waals surface area contributed by atoms with Gasteiger partial charge in [-0.3, -0.25) is 4.79 Å². The molecule has 0 atom stereocenters. The molecule has 5 nitrogen and oxygen atoms in total. The van der Waals surface area contributed by atoms with Crippen molar-refractivity contribution < 1.29 is 9.90 Å². The lowest BCUT2D eigenvalue weighted by molar-refractivity contribution is 0.102. The predicted molar refractivity (Wildman–Crippen MR) is 107 cm³/mol.